The molecule has 0 bridgehead atoms. The van der Waals surface area contributed by atoms with Crippen molar-refractivity contribution in [2.45, 2.75) is 51.5 Å². The average Bonchev–Trinajstić information content (AvgIpc) is 2.40. The molecule has 2 atom stereocenters. The van der Waals surface area contributed by atoms with Crippen molar-refractivity contribution in [3.63, 3.8) is 0 Å². The van der Waals surface area contributed by atoms with Crippen molar-refractivity contribution in [2.24, 2.45) is 23.5 Å². The molecule has 0 aromatic heterocycles. The summed E-state index contributed by atoms with van der Waals surface area (Å²) in [6, 6.07) is 0. The van der Waals surface area contributed by atoms with Gasteiger partial charge in [-0.1, -0.05) is 13.8 Å². The molecule has 1 heterocycles. The van der Waals surface area contributed by atoms with E-state index in [4.69, 9.17) is 5.73 Å². The van der Waals surface area contributed by atoms with Crippen molar-refractivity contribution in [1.29, 1.82) is 0 Å². The van der Waals surface area contributed by atoms with E-state index in [2.05, 4.69) is 37.7 Å². The van der Waals surface area contributed by atoms with Crippen LogP contribution >= 0.6 is 0 Å². The molecule has 2 unspecified atom stereocenters. The van der Waals surface area contributed by atoms with Crippen LogP contribution in [0.5, 0.6) is 0 Å². The van der Waals surface area contributed by atoms with Crippen LogP contribution in [0.15, 0.2) is 0 Å². The molecular weight excluding hydrogens is 246 g/mol. The molecule has 1 aliphatic heterocycles. The lowest BCUT2D eigenvalue weighted by Crippen LogP contribution is -2.57. The van der Waals surface area contributed by atoms with Crippen LogP contribution in [-0.4, -0.2) is 55.6 Å². The number of hydrogen-bond donors (Lipinski definition) is 1. The van der Waals surface area contributed by atoms with Gasteiger partial charge in [0.1, 0.15) is 0 Å². The van der Waals surface area contributed by atoms with Crippen LogP contribution in [0.1, 0.15) is 46.0 Å². The number of piperidine rings is 1. The normalized spacial score (nSPS) is 37.5. The van der Waals surface area contributed by atoms with Crippen molar-refractivity contribution < 1.29 is 0 Å². The van der Waals surface area contributed by atoms with Crippen LogP contribution in [0.25, 0.3) is 0 Å². The minimum Gasteiger partial charge on any atom is -0.329 e. The Hall–Kier alpha value is -0.120. The highest BCUT2D eigenvalue weighted by Crippen LogP contribution is 2.39. The second-order valence-corrected chi connectivity index (χ2v) is 7.91. The molecule has 2 N–H and O–H groups in total. The van der Waals surface area contributed by atoms with Crippen LogP contribution in [-0.2, 0) is 0 Å². The van der Waals surface area contributed by atoms with Gasteiger partial charge in [0.2, 0.25) is 0 Å². The molecule has 2 rings (SSSR count). The highest BCUT2D eigenvalue weighted by Gasteiger charge is 2.40. The van der Waals surface area contributed by atoms with Gasteiger partial charge in [-0.2, -0.15) is 0 Å². The van der Waals surface area contributed by atoms with Gasteiger partial charge in [0.25, 0.3) is 0 Å². The van der Waals surface area contributed by atoms with Crippen molar-refractivity contribution in [2.75, 3.05) is 40.3 Å². The second-order valence-electron chi connectivity index (χ2n) is 7.91. The molecule has 0 spiro atoms. The third-order valence-electron chi connectivity index (χ3n) is 5.82. The van der Waals surface area contributed by atoms with Crippen molar-refractivity contribution in [3.8, 4) is 0 Å². The van der Waals surface area contributed by atoms with Crippen LogP contribution in [0, 0.1) is 17.8 Å². The second kappa shape index (κ2) is 6.76. The highest BCUT2D eigenvalue weighted by atomic mass is 15.2. The van der Waals surface area contributed by atoms with Gasteiger partial charge in [0, 0.05) is 18.6 Å². The molecule has 0 amide bonds. The number of likely N-dealkylation sites (N-methyl/N-ethyl adjacent to an activating group) is 1. The Kier molecular flexibility index (Phi) is 5.49. The Bertz CT molecular complexity index is 287. The zero-order valence-corrected chi connectivity index (χ0v) is 14.1. The zero-order chi connectivity index (χ0) is 14.8. The molecule has 2 fully saturated rings. The minimum atomic E-state index is 0.264. The van der Waals surface area contributed by atoms with E-state index in [0.29, 0.717) is 0 Å². The topological polar surface area (TPSA) is 32.5 Å². The lowest BCUT2D eigenvalue weighted by atomic mass is 9.70. The zero-order valence-electron chi connectivity index (χ0n) is 14.1. The monoisotopic (exact) mass is 281 g/mol. The maximum Gasteiger partial charge on any atom is 0.0333 e. The summed E-state index contributed by atoms with van der Waals surface area (Å²) in [7, 11) is 4.57. The molecule has 1 aliphatic carbocycles. The lowest BCUT2D eigenvalue weighted by Gasteiger charge is -2.49. The maximum atomic E-state index is 6.24. The SMILES string of the molecule is CC1CC(C)CC(CN)(N(C)CC2CCN(C)CC2)C1. The van der Waals surface area contributed by atoms with E-state index in [0.717, 1.165) is 24.3 Å². The number of likely N-dealkylation sites (tertiary alicyclic amines) is 1. The average molecular weight is 281 g/mol. The summed E-state index contributed by atoms with van der Waals surface area (Å²) in [5.41, 5.74) is 6.51. The minimum absolute atomic E-state index is 0.264. The van der Waals surface area contributed by atoms with Crippen LogP contribution < -0.4 is 5.73 Å². The molecule has 20 heavy (non-hydrogen) atoms. The quantitative estimate of drug-likeness (QED) is 0.859. The third-order valence-corrected chi connectivity index (χ3v) is 5.82. The molecule has 3 nitrogen and oxygen atoms in total. The van der Waals surface area contributed by atoms with Gasteiger partial charge in [-0.05, 0) is 77.0 Å². The summed E-state index contributed by atoms with van der Waals surface area (Å²) < 4.78 is 0. The molecule has 0 radical (unpaired) electrons. The number of rotatable bonds is 4. The van der Waals surface area contributed by atoms with E-state index >= 15 is 0 Å². The summed E-state index contributed by atoms with van der Waals surface area (Å²) in [4.78, 5) is 5.09. The summed E-state index contributed by atoms with van der Waals surface area (Å²) in [5.74, 6) is 2.51. The molecule has 1 saturated carbocycles. The molecule has 0 aromatic carbocycles. The number of hydrogen-bond acceptors (Lipinski definition) is 3. The fraction of sp³-hybridized carbons (Fsp3) is 1.00. The number of nitrogens with two attached hydrogens (primary N) is 1. The Morgan fingerprint density at radius 3 is 2.20 bits per heavy atom. The van der Waals surface area contributed by atoms with E-state index in [1.54, 1.807) is 0 Å². The fourth-order valence-electron chi connectivity index (χ4n) is 4.69. The van der Waals surface area contributed by atoms with Crippen molar-refractivity contribution >= 4 is 0 Å². The van der Waals surface area contributed by atoms with Gasteiger partial charge < -0.3 is 10.6 Å². The molecule has 0 aromatic rings. The molecule has 3 heteroatoms. The van der Waals surface area contributed by atoms with Gasteiger partial charge in [0.05, 0.1) is 0 Å². The first-order valence-electron chi connectivity index (χ1n) is 8.55. The third kappa shape index (κ3) is 3.75. The first-order chi connectivity index (χ1) is 9.45. The van der Waals surface area contributed by atoms with E-state index in [9.17, 15) is 0 Å². The van der Waals surface area contributed by atoms with Gasteiger partial charge in [-0.15, -0.1) is 0 Å². The lowest BCUT2D eigenvalue weighted by molar-refractivity contribution is 0.0211. The first kappa shape index (κ1) is 16.3. The molecule has 1 saturated heterocycles. The molecular formula is C17H35N3. The van der Waals surface area contributed by atoms with E-state index in [-0.39, 0.29) is 5.54 Å². The van der Waals surface area contributed by atoms with Gasteiger partial charge in [-0.25, -0.2) is 0 Å². The van der Waals surface area contributed by atoms with Crippen molar-refractivity contribution in [3.05, 3.63) is 0 Å². The Labute approximate surface area is 125 Å². The highest BCUT2D eigenvalue weighted by molar-refractivity contribution is 4.97. The maximum absolute atomic E-state index is 6.24. The Balaban J connectivity index is 1.96. The Morgan fingerprint density at radius 2 is 1.70 bits per heavy atom. The van der Waals surface area contributed by atoms with Gasteiger partial charge >= 0.3 is 0 Å². The summed E-state index contributed by atoms with van der Waals surface area (Å²) in [6.07, 6.45) is 6.66. The van der Waals surface area contributed by atoms with Crippen LogP contribution in [0.2, 0.25) is 0 Å². The van der Waals surface area contributed by atoms with E-state index in [1.165, 1.54) is 51.7 Å². The largest absolute Gasteiger partial charge is 0.329 e. The van der Waals surface area contributed by atoms with Gasteiger partial charge in [0.15, 0.2) is 0 Å². The van der Waals surface area contributed by atoms with Gasteiger partial charge in [-0.3, -0.25) is 4.90 Å². The fourth-order valence-corrected chi connectivity index (χ4v) is 4.69. The summed E-state index contributed by atoms with van der Waals surface area (Å²) in [6.45, 7) is 9.41. The summed E-state index contributed by atoms with van der Waals surface area (Å²) >= 11 is 0. The van der Waals surface area contributed by atoms with Crippen molar-refractivity contribution in [1.82, 2.24) is 9.80 Å². The first-order valence-corrected chi connectivity index (χ1v) is 8.55. The number of nitrogens with zero attached hydrogens (tertiary/aromatic N) is 2. The molecule has 118 valence electrons. The Morgan fingerprint density at radius 1 is 1.15 bits per heavy atom. The van der Waals surface area contributed by atoms with Crippen LogP contribution in [0.3, 0.4) is 0 Å². The van der Waals surface area contributed by atoms with E-state index < -0.39 is 0 Å². The standard InChI is InChI=1S/C17H35N3/c1-14-9-15(2)11-17(10-14,13-18)20(4)12-16-5-7-19(3)8-6-16/h14-16H,5-13,18H2,1-4H3. The predicted molar refractivity (Wildman–Crippen MR) is 86.8 cm³/mol. The molecule has 2 aliphatic rings. The summed E-state index contributed by atoms with van der Waals surface area (Å²) in [5, 5.41) is 0. The smallest absolute Gasteiger partial charge is 0.0333 e. The van der Waals surface area contributed by atoms with Crippen LogP contribution in [0.4, 0.5) is 0 Å². The van der Waals surface area contributed by atoms with E-state index in [1.807, 2.05) is 0 Å². The predicted octanol–water partition coefficient (Wildman–Crippen LogP) is 2.41.